The van der Waals surface area contributed by atoms with Crippen LogP contribution in [0.25, 0.3) is 10.8 Å². The van der Waals surface area contributed by atoms with Crippen molar-refractivity contribution in [2.75, 3.05) is 0 Å². The van der Waals surface area contributed by atoms with Gasteiger partial charge in [-0.1, -0.05) is 57.1 Å². The molecule has 0 saturated heterocycles. The Balaban J connectivity index is 1.55. The summed E-state index contributed by atoms with van der Waals surface area (Å²) in [5.41, 5.74) is 4.21. The quantitative estimate of drug-likeness (QED) is 0.412. The normalized spacial score (nSPS) is 17.1. The first-order chi connectivity index (χ1) is 14.2. The van der Waals surface area contributed by atoms with E-state index < -0.39 is 5.97 Å². The number of carboxylic acids is 1. The predicted molar refractivity (Wildman–Crippen MR) is 121 cm³/mol. The Morgan fingerprint density at radius 3 is 2.30 bits per heavy atom. The standard InChI is InChI=1S/C26H27NO3/c1-25(2)11-12-26(3,4)23-15-21(9-10-22(23)25)30-27-16-17-5-6-19-14-20(24(28)29)8-7-18(19)13-17/h5-10,13-16H,11-12H2,1-4H3,(H,28,29). The van der Waals surface area contributed by atoms with Gasteiger partial charge >= 0.3 is 5.97 Å². The van der Waals surface area contributed by atoms with E-state index in [4.69, 9.17) is 9.94 Å². The molecule has 4 heteroatoms. The Kier molecular flexibility index (Phi) is 4.89. The second-order valence-electron chi connectivity index (χ2n) is 9.43. The van der Waals surface area contributed by atoms with Gasteiger partial charge < -0.3 is 9.94 Å². The summed E-state index contributed by atoms with van der Waals surface area (Å²) in [4.78, 5) is 16.8. The fourth-order valence-electron chi connectivity index (χ4n) is 4.25. The van der Waals surface area contributed by atoms with Crippen LogP contribution in [0, 0.1) is 0 Å². The molecule has 0 amide bonds. The highest BCUT2D eigenvalue weighted by molar-refractivity contribution is 5.96. The van der Waals surface area contributed by atoms with Crippen molar-refractivity contribution in [2.24, 2.45) is 5.16 Å². The lowest BCUT2D eigenvalue weighted by Gasteiger charge is -2.41. The van der Waals surface area contributed by atoms with Gasteiger partial charge in [0.05, 0.1) is 11.8 Å². The molecule has 154 valence electrons. The average Bonchev–Trinajstić information content (AvgIpc) is 2.71. The Morgan fingerprint density at radius 1 is 0.900 bits per heavy atom. The van der Waals surface area contributed by atoms with Gasteiger partial charge in [0.15, 0.2) is 5.75 Å². The smallest absolute Gasteiger partial charge is 0.335 e. The number of fused-ring (bicyclic) bond motifs is 2. The van der Waals surface area contributed by atoms with Crippen LogP contribution in [0.3, 0.4) is 0 Å². The minimum atomic E-state index is -0.924. The van der Waals surface area contributed by atoms with Gasteiger partial charge in [0.2, 0.25) is 0 Å². The number of benzene rings is 3. The van der Waals surface area contributed by atoms with E-state index in [2.05, 4.69) is 45.0 Å². The largest absolute Gasteiger partial charge is 0.478 e. The van der Waals surface area contributed by atoms with Crippen molar-refractivity contribution in [1.82, 2.24) is 0 Å². The predicted octanol–water partition coefficient (Wildman–Crippen LogP) is 6.30. The molecule has 1 aliphatic carbocycles. The number of aromatic carboxylic acids is 1. The van der Waals surface area contributed by atoms with E-state index in [-0.39, 0.29) is 16.4 Å². The van der Waals surface area contributed by atoms with E-state index in [0.29, 0.717) is 0 Å². The SMILES string of the molecule is CC1(C)CCC(C)(C)c2cc(ON=Cc3ccc4cc(C(=O)O)ccc4c3)ccc21. The van der Waals surface area contributed by atoms with Gasteiger partial charge in [-0.25, -0.2) is 4.79 Å². The number of oxime groups is 1. The van der Waals surface area contributed by atoms with Gasteiger partial charge in [0.1, 0.15) is 0 Å². The van der Waals surface area contributed by atoms with Gasteiger partial charge in [-0.3, -0.25) is 0 Å². The molecule has 1 aliphatic rings. The molecule has 0 bridgehead atoms. The molecule has 3 aromatic rings. The number of hydrogen-bond acceptors (Lipinski definition) is 3. The summed E-state index contributed by atoms with van der Waals surface area (Å²) in [5, 5.41) is 15.1. The van der Waals surface area contributed by atoms with E-state index in [1.165, 1.54) is 17.5 Å². The lowest BCUT2D eigenvalue weighted by Crippen LogP contribution is -2.33. The number of hydrogen-bond donors (Lipinski definition) is 1. The minimum absolute atomic E-state index is 0.126. The highest BCUT2D eigenvalue weighted by Crippen LogP contribution is 2.46. The zero-order valence-electron chi connectivity index (χ0n) is 17.9. The summed E-state index contributed by atoms with van der Waals surface area (Å²) in [7, 11) is 0. The Hall–Kier alpha value is -3.14. The van der Waals surface area contributed by atoms with Gasteiger partial charge in [0, 0.05) is 0 Å². The number of carboxylic acid groups (broad SMARTS) is 1. The monoisotopic (exact) mass is 401 g/mol. The molecule has 3 aromatic carbocycles. The number of rotatable bonds is 4. The maximum Gasteiger partial charge on any atom is 0.335 e. The molecule has 1 N–H and O–H groups in total. The summed E-state index contributed by atoms with van der Waals surface area (Å²) in [5.74, 6) is -0.185. The third kappa shape index (κ3) is 3.82. The molecule has 0 fully saturated rings. The molecule has 0 spiro atoms. The third-order valence-electron chi connectivity index (χ3n) is 6.30. The van der Waals surface area contributed by atoms with Crippen molar-refractivity contribution in [3.8, 4) is 5.75 Å². The molecule has 0 heterocycles. The van der Waals surface area contributed by atoms with E-state index >= 15 is 0 Å². The zero-order chi connectivity index (χ0) is 21.5. The van der Waals surface area contributed by atoms with Crippen LogP contribution in [0.1, 0.15) is 67.6 Å². The van der Waals surface area contributed by atoms with Crippen LogP contribution in [0.2, 0.25) is 0 Å². The van der Waals surface area contributed by atoms with Crippen molar-refractivity contribution < 1.29 is 14.7 Å². The molecular weight excluding hydrogens is 374 g/mol. The van der Waals surface area contributed by atoms with Crippen LogP contribution in [0.4, 0.5) is 0 Å². The van der Waals surface area contributed by atoms with Crippen molar-refractivity contribution in [2.45, 2.75) is 51.4 Å². The minimum Gasteiger partial charge on any atom is -0.478 e. The molecule has 4 rings (SSSR count). The van der Waals surface area contributed by atoms with Crippen LogP contribution < -0.4 is 4.84 Å². The second kappa shape index (κ2) is 7.28. The third-order valence-corrected chi connectivity index (χ3v) is 6.30. The summed E-state index contributed by atoms with van der Waals surface area (Å²) >= 11 is 0. The summed E-state index contributed by atoms with van der Waals surface area (Å²) in [6, 6.07) is 17.2. The molecule has 0 unspecified atom stereocenters. The first kappa shape index (κ1) is 20.1. The lowest BCUT2D eigenvalue weighted by atomic mass is 9.63. The molecule has 0 atom stereocenters. The average molecular weight is 402 g/mol. The second-order valence-corrected chi connectivity index (χ2v) is 9.43. The summed E-state index contributed by atoms with van der Waals surface area (Å²) in [6.45, 7) is 9.19. The molecule has 0 aliphatic heterocycles. The fraction of sp³-hybridized carbons (Fsp3) is 0.308. The maximum atomic E-state index is 11.1. The molecule has 0 radical (unpaired) electrons. The number of nitrogens with zero attached hydrogens (tertiary/aromatic N) is 1. The zero-order valence-corrected chi connectivity index (χ0v) is 17.9. The first-order valence-electron chi connectivity index (χ1n) is 10.3. The van der Waals surface area contributed by atoms with Gasteiger partial charge in [-0.05, 0) is 81.5 Å². The van der Waals surface area contributed by atoms with Crippen LogP contribution in [-0.4, -0.2) is 17.3 Å². The molecule has 4 nitrogen and oxygen atoms in total. The van der Waals surface area contributed by atoms with Gasteiger partial charge in [-0.2, -0.15) is 0 Å². The lowest BCUT2D eigenvalue weighted by molar-refractivity contribution is 0.0697. The Bertz CT molecular complexity index is 1160. The van der Waals surface area contributed by atoms with Gasteiger partial charge in [-0.15, -0.1) is 0 Å². The van der Waals surface area contributed by atoms with E-state index in [1.54, 1.807) is 18.3 Å². The summed E-state index contributed by atoms with van der Waals surface area (Å²) in [6.07, 6.45) is 4.01. The molecule has 0 saturated carbocycles. The molecule has 30 heavy (non-hydrogen) atoms. The maximum absolute atomic E-state index is 11.1. The van der Waals surface area contributed by atoms with E-state index in [1.807, 2.05) is 30.3 Å². The first-order valence-corrected chi connectivity index (χ1v) is 10.3. The van der Waals surface area contributed by atoms with Crippen molar-refractivity contribution in [3.05, 3.63) is 76.9 Å². The van der Waals surface area contributed by atoms with E-state index in [9.17, 15) is 4.79 Å². The van der Waals surface area contributed by atoms with Crippen LogP contribution in [0.15, 0.2) is 59.8 Å². The number of carbonyl (C=O) groups is 1. The van der Waals surface area contributed by atoms with Crippen molar-refractivity contribution >= 4 is 23.0 Å². The van der Waals surface area contributed by atoms with Gasteiger partial charge in [0.25, 0.3) is 0 Å². The Labute approximate surface area is 177 Å². The highest BCUT2D eigenvalue weighted by Gasteiger charge is 2.37. The molecule has 0 aromatic heterocycles. The van der Waals surface area contributed by atoms with Crippen LogP contribution >= 0.6 is 0 Å². The van der Waals surface area contributed by atoms with Crippen LogP contribution in [-0.2, 0) is 10.8 Å². The summed E-state index contributed by atoms with van der Waals surface area (Å²) < 4.78 is 0. The van der Waals surface area contributed by atoms with Crippen LogP contribution in [0.5, 0.6) is 5.75 Å². The fourth-order valence-corrected chi connectivity index (χ4v) is 4.25. The Morgan fingerprint density at radius 2 is 1.57 bits per heavy atom. The topological polar surface area (TPSA) is 58.9 Å². The molecular formula is C26H27NO3. The highest BCUT2D eigenvalue weighted by atomic mass is 16.6. The van der Waals surface area contributed by atoms with E-state index in [0.717, 1.165) is 28.5 Å². The van der Waals surface area contributed by atoms with Crippen molar-refractivity contribution in [1.29, 1.82) is 0 Å². The van der Waals surface area contributed by atoms with Crippen molar-refractivity contribution in [3.63, 3.8) is 0 Å².